The minimum Gasteiger partial charge on any atom is -0.482 e. The van der Waals surface area contributed by atoms with Crippen LogP contribution in [0.5, 0.6) is 5.75 Å². The van der Waals surface area contributed by atoms with E-state index in [0.29, 0.717) is 0 Å². The fraction of sp³-hybridized carbons (Fsp3) is 0.462. The van der Waals surface area contributed by atoms with Gasteiger partial charge in [-0.3, -0.25) is 0 Å². The van der Waals surface area contributed by atoms with Gasteiger partial charge in [-0.05, 0) is 38.1 Å². The van der Waals surface area contributed by atoms with Crippen molar-refractivity contribution in [2.75, 3.05) is 20.3 Å². The zero-order chi connectivity index (χ0) is 16.1. The summed E-state index contributed by atoms with van der Waals surface area (Å²) in [6.45, 7) is 3.17. The molecule has 1 aromatic carbocycles. The average Bonchev–Trinajstić information content (AvgIpc) is 2.44. The standard InChI is InChI=1S/C13H19NO6S/c1-13(2,19-3)9-14-21(17,18)11-6-4-10(5-7-11)20-8-12(15)16/h4-7,14H,8-9H2,1-3H3,(H,15,16). The van der Waals surface area contributed by atoms with Crippen LogP contribution in [0.1, 0.15) is 13.8 Å². The van der Waals surface area contributed by atoms with Crippen LogP contribution >= 0.6 is 0 Å². The number of benzene rings is 1. The number of ether oxygens (including phenoxy) is 2. The van der Waals surface area contributed by atoms with E-state index in [4.69, 9.17) is 14.6 Å². The topological polar surface area (TPSA) is 102 Å². The molecular weight excluding hydrogens is 298 g/mol. The smallest absolute Gasteiger partial charge is 0.341 e. The molecule has 1 rings (SSSR count). The summed E-state index contributed by atoms with van der Waals surface area (Å²) in [6, 6.07) is 5.50. The molecule has 0 unspecified atom stereocenters. The number of nitrogens with one attached hydrogen (secondary N) is 1. The number of carboxylic acid groups (broad SMARTS) is 1. The van der Waals surface area contributed by atoms with Gasteiger partial charge in [0.1, 0.15) is 5.75 Å². The molecule has 7 nitrogen and oxygen atoms in total. The van der Waals surface area contributed by atoms with Gasteiger partial charge in [-0.2, -0.15) is 0 Å². The summed E-state index contributed by atoms with van der Waals surface area (Å²) >= 11 is 0. The molecule has 0 heterocycles. The second kappa shape index (κ2) is 6.88. The highest BCUT2D eigenvalue weighted by Crippen LogP contribution is 2.16. The summed E-state index contributed by atoms with van der Waals surface area (Å²) in [5.41, 5.74) is -0.613. The highest BCUT2D eigenvalue weighted by molar-refractivity contribution is 7.89. The Morgan fingerprint density at radius 1 is 1.29 bits per heavy atom. The summed E-state index contributed by atoms with van der Waals surface area (Å²) in [6.07, 6.45) is 0. The lowest BCUT2D eigenvalue weighted by atomic mass is 10.1. The maximum absolute atomic E-state index is 12.1. The first kappa shape index (κ1) is 17.4. The molecule has 2 N–H and O–H groups in total. The van der Waals surface area contributed by atoms with Crippen molar-refractivity contribution in [2.24, 2.45) is 0 Å². The third-order valence-electron chi connectivity index (χ3n) is 2.74. The largest absolute Gasteiger partial charge is 0.482 e. The van der Waals surface area contributed by atoms with E-state index in [1.807, 2.05) is 0 Å². The number of methoxy groups -OCH3 is 1. The number of sulfonamides is 1. The molecule has 0 fully saturated rings. The molecule has 118 valence electrons. The fourth-order valence-corrected chi connectivity index (χ4v) is 2.48. The Morgan fingerprint density at radius 3 is 2.33 bits per heavy atom. The Labute approximate surface area is 123 Å². The zero-order valence-corrected chi connectivity index (χ0v) is 12.9. The lowest BCUT2D eigenvalue weighted by molar-refractivity contribution is -0.139. The molecule has 0 amide bonds. The van der Waals surface area contributed by atoms with Crippen LogP contribution in [-0.2, 0) is 19.6 Å². The van der Waals surface area contributed by atoms with Crippen LogP contribution in [0.3, 0.4) is 0 Å². The van der Waals surface area contributed by atoms with Gasteiger partial charge >= 0.3 is 5.97 Å². The summed E-state index contributed by atoms with van der Waals surface area (Å²) in [5.74, 6) is -0.816. The minimum absolute atomic E-state index is 0.0667. The quantitative estimate of drug-likeness (QED) is 0.737. The molecule has 0 aromatic heterocycles. The molecule has 1 aromatic rings. The van der Waals surface area contributed by atoms with Gasteiger partial charge in [-0.25, -0.2) is 17.9 Å². The highest BCUT2D eigenvalue weighted by atomic mass is 32.2. The lowest BCUT2D eigenvalue weighted by Gasteiger charge is -2.23. The molecule has 0 saturated heterocycles. The molecule has 0 atom stereocenters. The van der Waals surface area contributed by atoms with E-state index in [1.54, 1.807) is 13.8 Å². The summed E-state index contributed by atoms with van der Waals surface area (Å²) in [7, 11) is -2.15. The Balaban J connectivity index is 2.73. The monoisotopic (exact) mass is 317 g/mol. The van der Waals surface area contributed by atoms with Crippen molar-refractivity contribution in [2.45, 2.75) is 24.3 Å². The van der Waals surface area contributed by atoms with Crippen LogP contribution in [-0.4, -0.2) is 45.4 Å². The molecule has 0 radical (unpaired) electrons. The van der Waals surface area contributed by atoms with Crippen molar-refractivity contribution in [1.82, 2.24) is 4.72 Å². The predicted molar refractivity (Wildman–Crippen MR) is 75.8 cm³/mol. The number of aliphatic carboxylic acids is 1. The van der Waals surface area contributed by atoms with Gasteiger partial charge in [0.2, 0.25) is 10.0 Å². The van der Waals surface area contributed by atoms with Gasteiger partial charge in [0, 0.05) is 13.7 Å². The van der Waals surface area contributed by atoms with E-state index in [1.165, 1.54) is 31.4 Å². The van der Waals surface area contributed by atoms with Crippen molar-refractivity contribution < 1.29 is 27.8 Å². The number of hydrogen-bond acceptors (Lipinski definition) is 5. The maximum Gasteiger partial charge on any atom is 0.341 e. The molecule has 21 heavy (non-hydrogen) atoms. The Hall–Kier alpha value is -1.64. The van der Waals surface area contributed by atoms with Crippen molar-refractivity contribution in [3.63, 3.8) is 0 Å². The number of carbonyl (C=O) groups is 1. The molecule has 0 aliphatic rings. The summed E-state index contributed by atoms with van der Waals surface area (Å²) in [4.78, 5) is 10.4. The van der Waals surface area contributed by atoms with E-state index in [2.05, 4.69) is 4.72 Å². The second-order valence-corrected chi connectivity index (χ2v) is 6.71. The molecular formula is C13H19NO6S. The van der Waals surface area contributed by atoms with E-state index < -0.39 is 28.2 Å². The highest BCUT2D eigenvalue weighted by Gasteiger charge is 2.21. The Bertz CT molecular complexity index is 579. The van der Waals surface area contributed by atoms with E-state index in [9.17, 15) is 13.2 Å². The van der Waals surface area contributed by atoms with Crippen LogP contribution in [0.4, 0.5) is 0 Å². The van der Waals surface area contributed by atoms with Gasteiger partial charge < -0.3 is 14.6 Å². The van der Waals surface area contributed by atoms with Crippen molar-refractivity contribution >= 4 is 16.0 Å². The van der Waals surface area contributed by atoms with Gasteiger partial charge in [0.15, 0.2) is 6.61 Å². The molecule has 0 spiro atoms. The van der Waals surface area contributed by atoms with Crippen LogP contribution in [0.25, 0.3) is 0 Å². The maximum atomic E-state index is 12.1. The predicted octanol–water partition coefficient (Wildman–Crippen LogP) is 0.853. The van der Waals surface area contributed by atoms with Crippen LogP contribution < -0.4 is 9.46 Å². The van der Waals surface area contributed by atoms with E-state index >= 15 is 0 Å². The molecule has 8 heteroatoms. The van der Waals surface area contributed by atoms with Crippen LogP contribution in [0.2, 0.25) is 0 Å². The van der Waals surface area contributed by atoms with Gasteiger partial charge in [-0.1, -0.05) is 0 Å². The van der Waals surface area contributed by atoms with Crippen LogP contribution in [0.15, 0.2) is 29.2 Å². The third kappa shape index (κ3) is 5.70. The normalized spacial score (nSPS) is 12.1. The van der Waals surface area contributed by atoms with Gasteiger partial charge in [0.05, 0.1) is 10.5 Å². The van der Waals surface area contributed by atoms with E-state index in [0.717, 1.165) is 0 Å². The third-order valence-corrected chi connectivity index (χ3v) is 4.15. The first-order valence-corrected chi connectivity index (χ1v) is 7.64. The molecule has 0 aliphatic heterocycles. The molecule has 0 saturated carbocycles. The Morgan fingerprint density at radius 2 is 1.86 bits per heavy atom. The molecule has 0 aliphatic carbocycles. The zero-order valence-electron chi connectivity index (χ0n) is 12.1. The van der Waals surface area contributed by atoms with Gasteiger partial charge in [-0.15, -0.1) is 0 Å². The fourth-order valence-electron chi connectivity index (χ4n) is 1.28. The van der Waals surface area contributed by atoms with Crippen molar-refractivity contribution in [3.8, 4) is 5.75 Å². The summed E-state index contributed by atoms with van der Waals surface area (Å²) in [5, 5.41) is 8.49. The number of carboxylic acids is 1. The van der Waals surface area contributed by atoms with E-state index in [-0.39, 0.29) is 17.2 Å². The Kier molecular flexibility index (Phi) is 5.70. The average molecular weight is 317 g/mol. The minimum atomic E-state index is -3.65. The van der Waals surface area contributed by atoms with Gasteiger partial charge in [0.25, 0.3) is 0 Å². The molecule has 0 bridgehead atoms. The van der Waals surface area contributed by atoms with Crippen LogP contribution in [0, 0.1) is 0 Å². The second-order valence-electron chi connectivity index (χ2n) is 4.94. The summed E-state index contributed by atoms with van der Waals surface area (Å²) < 4.78 is 36.7. The lowest BCUT2D eigenvalue weighted by Crippen LogP contribution is -2.39. The SMILES string of the molecule is COC(C)(C)CNS(=O)(=O)c1ccc(OCC(=O)O)cc1. The number of rotatable bonds is 8. The first-order valence-electron chi connectivity index (χ1n) is 6.16. The first-order chi connectivity index (χ1) is 9.66. The number of hydrogen-bond donors (Lipinski definition) is 2. The van der Waals surface area contributed by atoms with Crippen molar-refractivity contribution in [1.29, 1.82) is 0 Å². The van der Waals surface area contributed by atoms with Crippen molar-refractivity contribution in [3.05, 3.63) is 24.3 Å².